The zero-order chi connectivity index (χ0) is 15.6. The molecule has 0 aromatic carbocycles. The first-order chi connectivity index (χ1) is 11.3. The lowest BCUT2D eigenvalue weighted by Gasteiger charge is -2.35. The Hall–Kier alpha value is -1.72. The van der Waals surface area contributed by atoms with Crippen LogP contribution in [0.3, 0.4) is 0 Å². The largest absolute Gasteiger partial charge is 0.337 e. The second kappa shape index (κ2) is 6.42. The van der Waals surface area contributed by atoms with Crippen LogP contribution in [0.4, 0.5) is 0 Å². The van der Waals surface area contributed by atoms with E-state index in [1.807, 2.05) is 24.8 Å². The predicted octanol–water partition coefficient (Wildman–Crippen LogP) is 1.91. The smallest absolute Gasteiger partial charge is 0.0945 e. The molecule has 5 heteroatoms. The number of rotatable bonds is 4. The van der Waals surface area contributed by atoms with Gasteiger partial charge in [-0.05, 0) is 30.9 Å². The molecule has 2 atom stereocenters. The van der Waals surface area contributed by atoms with Crippen LogP contribution in [0.2, 0.25) is 0 Å². The number of aromatic nitrogens is 3. The molecule has 0 spiro atoms. The van der Waals surface area contributed by atoms with E-state index in [1.165, 1.54) is 37.3 Å². The van der Waals surface area contributed by atoms with Gasteiger partial charge in [0, 0.05) is 58.2 Å². The molecule has 3 saturated heterocycles. The van der Waals surface area contributed by atoms with Crippen molar-refractivity contribution < 1.29 is 0 Å². The SMILES string of the molecule is Cn1cncc1CN1C[C@@H]2CC[C@H](C1)N(Cc1ccccn1)C2. The molecule has 2 bridgehead atoms. The lowest BCUT2D eigenvalue weighted by molar-refractivity contribution is 0.121. The van der Waals surface area contributed by atoms with Crippen LogP contribution in [-0.2, 0) is 20.1 Å². The van der Waals surface area contributed by atoms with Gasteiger partial charge in [0.1, 0.15) is 0 Å². The summed E-state index contributed by atoms with van der Waals surface area (Å²) < 4.78 is 2.14. The number of fused-ring (bicyclic) bond motifs is 4. The summed E-state index contributed by atoms with van der Waals surface area (Å²) in [5, 5.41) is 0. The zero-order valence-corrected chi connectivity index (χ0v) is 13.8. The van der Waals surface area contributed by atoms with Crippen LogP contribution in [0.25, 0.3) is 0 Å². The van der Waals surface area contributed by atoms with Crippen molar-refractivity contribution in [1.29, 1.82) is 0 Å². The van der Waals surface area contributed by atoms with Gasteiger partial charge in [0.25, 0.3) is 0 Å². The van der Waals surface area contributed by atoms with Crippen LogP contribution in [0.5, 0.6) is 0 Å². The number of piperidine rings is 1. The highest BCUT2D eigenvalue weighted by Gasteiger charge is 2.34. The quantitative estimate of drug-likeness (QED) is 0.864. The molecule has 3 aliphatic heterocycles. The van der Waals surface area contributed by atoms with E-state index in [-0.39, 0.29) is 0 Å². The summed E-state index contributed by atoms with van der Waals surface area (Å²) in [7, 11) is 2.09. The van der Waals surface area contributed by atoms with E-state index in [1.54, 1.807) is 0 Å². The Bertz CT molecular complexity index is 638. The van der Waals surface area contributed by atoms with Crippen molar-refractivity contribution in [2.45, 2.75) is 32.0 Å². The summed E-state index contributed by atoms with van der Waals surface area (Å²) in [6.45, 7) is 5.58. The van der Waals surface area contributed by atoms with E-state index in [0.29, 0.717) is 6.04 Å². The maximum Gasteiger partial charge on any atom is 0.0945 e. The molecular weight excluding hydrogens is 286 g/mol. The van der Waals surface area contributed by atoms with Gasteiger partial charge in [-0.1, -0.05) is 6.07 Å². The lowest BCUT2D eigenvalue weighted by atomic mass is 9.95. The fraction of sp³-hybridized carbons (Fsp3) is 0.556. The Labute approximate surface area is 138 Å². The average molecular weight is 311 g/mol. The molecule has 2 aromatic heterocycles. The summed E-state index contributed by atoms with van der Waals surface area (Å²) in [5.41, 5.74) is 2.50. The monoisotopic (exact) mass is 311 g/mol. The molecular formula is C18H25N5. The standard InChI is InChI=1S/C18H25N5/c1-21-14-19-8-18(21)13-22-9-15-5-6-17(12-22)23(10-15)11-16-4-2-3-7-20-16/h2-4,7-8,14-15,17H,5-6,9-13H2,1H3/t15-,17+/m0/s1. The number of pyridine rings is 1. The van der Waals surface area contributed by atoms with Crippen LogP contribution in [0, 0.1) is 5.92 Å². The molecule has 2 aromatic rings. The highest BCUT2D eigenvalue weighted by Crippen LogP contribution is 2.29. The highest BCUT2D eigenvalue weighted by atomic mass is 15.3. The first-order valence-electron chi connectivity index (χ1n) is 8.59. The van der Waals surface area contributed by atoms with Crippen molar-refractivity contribution in [1.82, 2.24) is 24.3 Å². The van der Waals surface area contributed by atoms with E-state index in [2.05, 4.69) is 43.5 Å². The number of hydrogen-bond donors (Lipinski definition) is 0. The first kappa shape index (κ1) is 14.8. The van der Waals surface area contributed by atoms with Crippen molar-refractivity contribution in [3.8, 4) is 0 Å². The van der Waals surface area contributed by atoms with Gasteiger partial charge in [-0.25, -0.2) is 4.98 Å². The number of hydrogen-bond acceptors (Lipinski definition) is 4. The molecule has 5 heterocycles. The van der Waals surface area contributed by atoms with Crippen molar-refractivity contribution in [2.24, 2.45) is 13.0 Å². The molecule has 0 radical (unpaired) electrons. The number of nitrogens with zero attached hydrogens (tertiary/aromatic N) is 5. The first-order valence-corrected chi connectivity index (χ1v) is 8.59. The summed E-state index contributed by atoms with van der Waals surface area (Å²) >= 11 is 0. The second-order valence-electron chi connectivity index (χ2n) is 7.04. The molecule has 0 aliphatic carbocycles. The minimum atomic E-state index is 0.656. The molecule has 23 heavy (non-hydrogen) atoms. The minimum absolute atomic E-state index is 0.656. The van der Waals surface area contributed by atoms with E-state index in [4.69, 9.17) is 0 Å². The van der Waals surface area contributed by atoms with Gasteiger partial charge < -0.3 is 4.57 Å². The van der Waals surface area contributed by atoms with Crippen LogP contribution in [0.1, 0.15) is 24.2 Å². The number of imidazole rings is 1. The Morgan fingerprint density at radius 2 is 2.09 bits per heavy atom. The lowest BCUT2D eigenvalue weighted by Crippen LogP contribution is -2.43. The zero-order valence-electron chi connectivity index (χ0n) is 13.8. The molecule has 0 unspecified atom stereocenters. The second-order valence-corrected chi connectivity index (χ2v) is 7.04. The average Bonchev–Trinajstić information content (AvgIpc) is 2.78. The third-order valence-corrected chi connectivity index (χ3v) is 5.30. The van der Waals surface area contributed by atoms with Crippen LogP contribution < -0.4 is 0 Å². The molecule has 0 saturated carbocycles. The van der Waals surface area contributed by atoms with Crippen molar-refractivity contribution in [3.05, 3.63) is 48.3 Å². The minimum Gasteiger partial charge on any atom is -0.337 e. The number of aryl methyl sites for hydroxylation is 1. The fourth-order valence-electron chi connectivity index (χ4n) is 4.06. The van der Waals surface area contributed by atoms with Gasteiger partial charge in [-0.2, -0.15) is 0 Å². The third kappa shape index (κ3) is 3.31. The van der Waals surface area contributed by atoms with Gasteiger partial charge in [-0.15, -0.1) is 0 Å². The molecule has 5 nitrogen and oxygen atoms in total. The Kier molecular flexibility index (Phi) is 4.14. The van der Waals surface area contributed by atoms with Crippen LogP contribution in [0.15, 0.2) is 36.9 Å². The predicted molar refractivity (Wildman–Crippen MR) is 89.6 cm³/mol. The fourth-order valence-corrected chi connectivity index (χ4v) is 4.06. The molecule has 122 valence electrons. The van der Waals surface area contributed by atoms with E-state index < -0.39 is 0 Å². The topological polar surface area (TPSA) is 37.2 Å². The summed E-state index contributed by atoms with van der Waals surface area (Å²) in [6.07, 6.45) is 8.48. The summed E-state index contributed by atoms with van der Waals surface area (Å²) in [4.78, 5) is 14.0. The Balaban J connectivity index is 1.45. The molecule has 5 rings (SSSR count). The van der Waals surface area contributed by atoms with Crippen molar-refractivity contribution in [2.75, 3.05) is 19.6 Å². The van der Waals surface area contributed by atoms with Gasteiger partial charge in [0.05, 0.1) is 17.7 Å². The molecule has 0 N–H and O–H groups in total. The molecule has 3 fully saturated rings. The van der Waals surface area contributed by atoms with Gasteiger partial charge in [0.2, 0.25) is 0 Å². The molecule has 0 amide bonds. The van der Waals surface area contributed by atoms with Gasteiger partial charge in [-0.3, -0.25) is 14.8 Å². The van der Waals surface area contributed by atoms with E-state index >= 15 is 0 Å². The van der Waals surface area contributed by atoms with Gasteiger partial charge >= 0.3 is 0 Å². The van der Waals surface area contributed by atoms with Crippen LogP contribution >= 0.6 is 0 Å². The van der Waals surface area contributed by atoms with E-state index in [9.17, 15) is 0 Å². The normalized spacial score (nSPS) is 25.6. The maximum atomic E-state index is 4.51. The Morgan fingerprint density at radius 3 is 2.87 bits per heavy atom. The Morgan fingerprint density at radius 1 is 1.13 bits per heavy atom. The third-order valence-electron chi connectivity index (χ3n) is 5.30. The summed E-state index contributed by atoms with van der Waals surface area (Å²) in [5.74, 6) is 0.783. The van der Waals surface area contributed by atoms with Crippen molar-refractivity contribution in [3.63, 3.8) is 0 Å². The van der Waals surface area contributed by atoms with Crippen molar-refractivity contribution >= 4 is 0 Å². The summed E-state index contributed by atoms with van der Waals surface area (Å²) in [6, 6.07) is 6.89. The molecule has 3 aliphatic rings. The van der Waals surface area contributed by atoms with Crippen LogP contribution in [-0.4, -0.2) is 50.0 Å². The highest BCUT2D eigenvalue weighted by molar-refractivity contribution is 5.05. The maximum absolute atomic E-state index is 4.51. The van der Waals surface area contributed by atoms with E-state index in [0.717, 1.165) is 25.6 Å². The van der Waals surface area contributed by atoms with Gasteiger partial charge in [0.15, 0.2) is 0 Å².